The molecule has 0 atom stereocenters. The fourth-order valence-corrected chi connectivity index (χ4v) is 1.39. The quantitative estimate of drug-likeness (QED) is 0.803. The van der Waals surface area contributed by atoms with Gasteiger partial charge in [0.1, 0.15) is 11.3 Å². The van der Waals surface area contributed by atoms with Crippen LogP contribution in [0.25, 0.3) is 0 Å². The Morgan fingerprint density at radius 1 is 1.33 bits per heavy atom. The third-order valence-corrected chi connectivity index (χ3v) is 2.12. The number of nitrogens with one attached hydrogen (secondary N) is 1. The van der Waals surface area contributed by atoms with Gasteiger partial charge in [0.25, 0.3) is 0 Å². The van der Waals surface area contributed by atoms with Crippen molar-refractivity contribution in [3.63, 3.8) is 0 Å². The number of carbonyl (C=O) groups is 2. The van der Waals surface area contributed by atoms with Crippen molar-refractivity contribution in [3.05, 3.63) is 35.4 Å². The van der Waals surface area contributed by atoms with Gasteiger partial charge in [-0.25, -0.2) is 4.79 Å². The number of ether oxygens (including phenoxy) is 1. The van der Waals surface area contributed by atoms with Crippen LogP contribution in [0.4, 0.5) is 5.69 Å². The Hall–Kier alpha value is -2.30. The van der Waals surface area contributed by atoms with Gasteiger partial charge in [0.15, 0.2) is 0 Å². The van der Waals surface area contributed by atoms with Crippen molar-refractivity contribution >= 4 is 17.6 Å². The maximum Gasteiger partial charge on any atom is 0.339 e. The maximum absolute atomic E-state index is 11.5. The lowest BCUT2D eigenvalue weighted by Gasteiger charge is -2.08. The SMILES string of the molecule is COc1cc(NC(=O)C=C(C)C)ccc1C(=O)O. The van der Waals surface area contributed by atoms with Crippen LogP contribution in [0.15, 0.2) is 29.8 Å². The van der Waals surface area contributed by atoms with E-state index in [4.69, 9.17) is 9.84 Å². The standard InChI is InChI=1S/C13H15NO4/c1-8(2)6-12(15)14-9-4-5-10(13(16)17)11(7-9)18-3/h4-7H,1-3H3,(H,14,15)(H,16,17). The van der Waals surface area contributed by atoms with Gasteiger partial charge < -0.3 is 15.2 Å². The molecule has 0 unspecified atom stereocenters. The smallest absolute Gasteiger partial charge is 0.339 e. The molecule has 0 saturated carbocycles. The highest BCUT2D eigenvalue weighted by molar-refractivity contribution is 6.00. The number of benzene rings is 1. The zero-order valence-electron chi connectivity index (χ0n) is 10.5. The molecular weight excluding hydrogens is 234 g/mol. The minimum absolute atomic E-state index is 0.0534. The van der Waals surface area contributed by atoms with Gasteiger partial charge in [-0.3, -0.25) is 4.79 Å². The van der Waals surface area contributed by atoms with Gasteiger partial charge in [0.2, 0.25) is 5.91 Å². The molecule has 0 heterocycles. The number of rotatable bonds is 4. The number of anilines is 1. The average Bonchev–Trinajstić information content (AvgIpc) is 2.27. The van der Waals surface area contributed by atoms with E-state index in [0.29, 0.717) is 5.69 Å². The molecule has 0 aromatic heterocycles. The van der Waals surface area contributed by atoms with Crippen LogP contribution in [0.1, 0.15) is 24.2 Å². The molecule has 1 aromatic carbocycles. The summed E-state index contributed by atoms with van der Waals surface area (Å²) in [6.45, 7) is 3.63. The summed E-state index contributed by atoms with van der Waals surface area (Å²) in [4.78, 5) is 22.4. The number of hydrogen-bond donors (Lipinski definition) is 2. The molecule has 1 rings (SSSR count). The Bertz CT molecular complexity index is 502. The molecule has 0 spiro atoms. The molecule has 0 bridgehead atoms. The minimum Gasteiger partial charge on any atom is -0.496 e. The molecule has 0 saturated heterocycles. The molecule has 5 nitrogen and oxygen atoms in total. The largest absolute Gasteiger partial charge is 0.496 e. The molecule has 0 aliphatic carbocycles. The zero-order chi connectivity index (χ0) is 13.7. The molecule has 0 aliphatic heterocycles. The van der Waals surface area contributed by atoms with Crippen molar-refractivity contribution in [2.24, 2.45) is 0 Å². The highest BCUT2D eigenvalue weighted by Gasteiger charge is 2.11. The number of carbonyl (C=O) groups excluding carboxylic acids is 1. The molecule has 5 heteroatoms. The summed E-state index contributed by atoms with van der Waals surface area (Å²) in [5.74, 6) is -1.13. The van der Waals surface area contributed by atoms with Crippen LogP contribution in [0.5, 0.6) is 5.75 Å². The van der Waals surface area contributed by atoms with Gasteiger partial charge >= 0.3 is 5.97 Å². The van der Waals surface area contributed by atoms with Crippen LogP contribution in [-0.2, 0) is 4.79 Å². The molecule has 0 aliphatic rings. The number of hydrogen-bond acceptors (Lipinski definition) is 3. The molecule has 18 heavy (non-hydrogen) atoms. The number of methoxy groups -OCH3 is 1. The lowest BCUT2D eigenvalue weighted by molar-refractivity contribution is -0.111. The molecule has 1 amide bonds. The number of aromatic carboxylic acids is 1. The molecule has 0 radical (unpaired) electrons. The topological polar surface area (TPSA) is 75.6 Å². The molecule has 0 fully saturated rings. The molecule has 96 valence electrons. The second-order valence-corrected chi connectivity index (χ2v) is 3.93. The van der Waals surface area contributed by atoms with E-state index in [1.165, 1.54) is 31.4 Å². The van der Waals surface area contributed by atoms with E-state index in [1.54, 1.807) is 0 Å². The first-order valence-electron chi connectivity index (χ1n) is 5.31. The highest BCUT2D eigenvalue weighted by atomic mass is 16.5. The summed E-state index contributed by atoms with van der Waals surface area (Å²) in [5, 5.41) is 11.5. The van der Waals surface area contributed by atoms with Crippen molar-refractivity contribution < 1.29 is 19.4 Å². The van der Waals surface area contributed by atoms with E-state index in [0.717, 1.165) is 5.57 Å². The predicted molar refractivity (Wildman–Crippen MR) is 68.0 cm³/mol. The average molecular weight is 249 g/mol. The Morgan fingerprint density at radius 3 is 2.50 bits per heavy atom. The second-order valence-electron chi connectivity index (χ2n) is 3.93. The van der Waals surface area contributed by atoms with Crippen molar-refractivity contribution in [3.8, 4) is 5.75 Å². The van der Waals surface area contributed by atoms with Crippen LogP contribution in [0.2, 0.25) is 0 Å². The van der Waals surface area contributed by atoms with Crippen LogP contribution in [-0.4, -0.2) is 24.1 Å². The first-order chi connectivity index (χ1) is 8.43. The van der Waals surface area contributed by atoms with E-state index in [1.807, 2.05) is 13.8 Å². The van der Waals surface area contributed by atoms with Crippen LogP contribution < -0.4 is 10.1 Å². The van der Waals surface area contributed by atoms with Gasteiger partial charge in [0, 0.05) is 17.8 Å². The van der Waals surface area contributed by atoms with Crippen molar-refractivity contribution in [2.75, 3.05) is 12.4 Å². The first kappa shape index (κ1) is 13.8. The van der Waals surface area contributed by atoms with Crippen molar-refractivity contribution in [1.82, 2.24) is 0 Å². The third kappa shape index (κ3) is 3.62. The van der Waals surface area contributed by atoms with E-state index in [-0.39, 0.29) is 17.2 Å². The van der Waals surface area contributed by atoms with Crippen LogP contribution >= 0.6 is 0 Å². The fourth-order valence-electron chi connectivity index (χ4n) is 1.39. The van der Waals surface area contributed by atoms with Gasteiger partial charge in [-0.2, -0.15) is 0 Å². The summed E-state index contributed by atoms with van der Waals surface area (Å²) < 4.78 is 4.96. The Kier molecular flexibility index (Phi) is 4.48. The predicted octanol–water partition coefficient (Wildman–Crippen LogP) is 2.30. The van der Waals surface area contributed by atoms with Gasteiger partial charge in [-0.1, -0.05) is 5.57 Å². The maximum atomic E-state index is 11.5. The van der Waals surface area contributed by atoms with E-state index in [2.05, 4.69) is 5.32 Å². The first-order valence-corrected chi connectivity index (χ1v) is 5.31. The van der Waals surface area contributed by atoms with Gasteiger partial charge in [-0.05, 0) is 26.0 Å². The summed E-state index contributed by atoms with van der Waals surface area (Å²) in [6, 6.07) is 4.38. The van der Waals surface area contributed by atoms with Crippen LogP contribution in [0, 0.1) is 0 Å². The van der Waals surface area contributed by atoms with E-state index < -0.39 is 5.97 Å². The Morgan fingerprint density at radius 2 is 2.00 bits per heavy atom. The zero-order valence-corrected chi connectivity index (χ0v) is 10.5. The molecular formula is C13H15NO4. The van der Waals surface area contributed by atoms with Gasteiger partial charge in [0.05, 0.1) is 7.11 Å². The summed E-state index contributed by atoms with van der Waals surface area (Å²) >= 11 is 0. The lowest BCUT2D eigenvalue weighted by Crippen LogP contribution is -2.09. The summed E-state index contributed by atoms with van der Waals surface area (Å²) in [7, 11) is 1.38. The molecule has 2 N–H and O–H groups in total. The Balaban J connectivity index is 2.96. The monoisotopic (exact) mass is 249 g/mol. The van der Waals surface area contributed by atoms with E-state index >= 15 is 0 Å². The lowest BCUT2D eigenvalue weighted by atomic mass is 10.2. The highest BCUT2D eigenvalue weighted by Crippen LogP contribution is 2.23. The van der Waals surface area contributed by atoms with Gasteiger partial charge in [-0.15, -0.1) is 0 Å². The summed E-state index contributed by atoms with van der Waals surface area (Å²) in [5.41, 5.74) is 1.42. The van der Waals surface area contributed by atoms with Crippen molar-refractivity contribution in [2.45, 2.75) is 13.8 Å². The number of carboxylic acid groups (broad SMARTS) is 1. The van der Waals surface area contributed by atoms with Crippen molar-refractivity contribution in [1.29, 1.82) is 0 Å². The fraction of sp³-hybridized carbons (Fsp3) is 0.231. The van der Waals surface area contributed by atoms with E-state index in [9.17, 15) is 9.59 Å². The number of amides is 1. The summed E-state index contributed by atoms with van der Waals surface area (Å²) in [6.07, 6.45) is 1.46. The minimum atomic E-state index is -1.07. The normalized spacial score (nSPS) is 9.50. The third-order valence-electron chi connectivity index (χ3n) is 2.12. The second kappa shape index (κ2) is 5.86. The van der Waals surface area contributed by atoms with Crippen LogP contribution in [0.3, 0.4) is 0 Å². The number of carboxylic acids is 1. The molecule has 1 aromatic rings. The Labute approximate surface area is 105 Å². The number of allylic oxidation sites excluding steroid dienone is 1.